The monoisotopic (exact) mass is 431 g/mol. The van der Waals surface area contributed by atoms with E-state index in [-0.39, 0.29) is 12.7 Å². The maximum absolute atomic E-state index is 10.8. The van der Waals surface area contributed by atoms with Gasteiger partial charge < -0.3 is 14.7 Å². The molecule has 1 aliphatic carbocycles. The van der Waals surface area contributed by atoms with Crippen molar-refractivity contribution < 1.29 is 19.5 Å². The summed E-state index contributed by atoms with van der Waals surface area (Å²) in [6, 6.07) is 5.97. The number of hydrogen-bond acceptors (Lipinski definition) is 4. The first-order valence-electron chi connectivity index (χ1n) is 12.2. The van der Waals surface area contributed by atoms with E-state index in [0.717, 1.165) is 49.8 Å². The number of ether oxygens (including phenoxy) is 1. The Morgan fingerprint density at radius 3 is 2.52 bits per heavy atom. The third kappa shape index (κ3) is 9.32. The molecule has 0 fully saturated rings. The average molecular weight is 432 g/mol. The fourth-order valence-corrected chi connectivity index (χ4v) is 4.41. The molecule has 1 aromatic rings. The van der Waals surface area contributed by atoms with Crippen LogP contribution in [-0.4, -0.2) is 29.5 Å². The summed E-state index contributed by atoms with van der Waals surface area (Å²) in [6.45, 7) is 6.26. The molecule has 0 bridgehead atoms. The van der Waals surface area contributed by atoms with Crippen LogP contribution in [0.15, 0.2) is 23.4 Å². The molecule has 1 N–H and O–H groups in total. The van der Waals surface area contributed by atoms with Crippen LogP contribution < -0.4 is 4.74 Å². The fourth-order valence-electron chi connectivity index (χ4n) is 4.41. The number of carboxylic acid groups (broad SMARTS) is 1. The van der Waals surface area contributed by atoms with E-state index in [9.17, 15) is 4.79 Å². The first kappa shape index (κ1) is 25.2. The fraction of sp³-hybridized carbons (Fsp3) is 0.692. The van der Waals surface area contributed by atoms with Crippen molar-refractivity contribution in [2.45, 2.75) is 104 Å². The summed E-state index contributed by atoms with van der Waals surface area (Å²) in [5, 5.41) is 13.4. The number of hydrogen-bond donors (Lipinski definition) is 1. The van der Waals surface area contributed by atoms with Gasteiger partial charge in [-0.3, -0.25) is 0 Å². The van der Waals surface area contributed by atoms with Crippen molar-refractivity contribution in [2.24, 2.45) is 11.1 Å². The van der Waals surface area contributed by atoms with E-state index in [1.807, 2.05) is 12.1 Å². The molecule has 0 spiro atoms. The smallest absolute Gasteiger partial charge is 0.341 e. The summed E-state index contributed by atoms with van der Waals surface area (Å²) in [4.78, 5) is 16.8. The van der Waals surface area contributed by atoms with Crippen molar-refractivity contribution in [3.63, 3.8) is 0 Å². The summed E-state index contributed by atoms with van der Waals surface area (Å²) in [5.41, 5.74) is 3.50. The molecule has 1 unspecified atom stereocenters. The SMILES string of the molecule is CCCCCC(CCCCC)ON=C(C)CC1CCc2c(cccc2OCC(=O)O)C1. The van der Waals surface area contributed by atoms with Crippen molar-refractivity contribution in [1.82, 2.24) is 0 Å². The lowest BCUT2D eigenvalue weighted by atomic mass is 9.81. The number of rotatable bonds is 15. The number of benzene rings is 1. The Morgan fingerprint density at radius 2 is 1.87 bits per heavy atom. The Bertz CT molecular complexity index is 691. The molecule has 174 valence electrons. The molecule has 0 saturated heterocycles. The Kier molecular flexibility index (Phi) is 11.5. The van der Waals surface area contributed by atoms with Crippen molar-refractivity contribution in [3.8, 4) is 5.75 Å². The second-order valence-corrected chi connectivity index (χ2v) is 8.93. The number of oxime groups is 1. The number of fused-ring (bicyclic) bond motifs is 1. The predicted octanol–water partition coefficient (Wildman–Crippen LogP) is 6.57. The minimum absolute atomic E-state index is 0.245. The van der Waals surface area contributed by atoms with Crippen LogP contribution in [0.2, 0.25) is 0 Å². The third-order valence-electron chi connectivity index (χ3n) is 6.09. The van der Waals surface area contributed by atoms with Crippen LogP contribution in [0.3, 0.4) is 0 Å². The van der Waals surface area contributed by atoms with Crippen molar-refractivity contribution in [1.29, 1.82) is 0 Å². The minimum Gasteiger partial charge on any atom is -0.482 e. The Balaban J connectivity index is 1.88. The van der Waals surface area contributed by atoms with Gasteiger partial charge in [0.25, 0.3) is 0 Å². The van der Waals surface area contributed by atoms with Gasteiger partial charge in [-0.15, -0.1) is 0 Å². The number of aliphatic carboxylic acids is 1. The number of carbonyl (C=O) groups is 1. The molecule has 1 aliphatic rings. The molecule has 1 aromatic carbocycles. The number of carboxylic acids is 1. The maximum atomic E-state index is 10.8. The lowest BCUT2D eigenvalue weighted by molar-refractivity contribution is -0.139. The molecule has 0 heterocycles. The highest BCUT2D eigenvalue weighted by atomic mass is 16.6. The van der Waals surface area contributed by atoms with Crippen molar-refractivity contribution in [3.05, 3.63) is 29.3 Å². The number of nitrogens with zero attached hydrogens (tertiary/aromatic N) is 1. The molecule has 2 rings (SSSR count). The first-order chi connectivity index (χ1) is 15.0. The van der Waals surface area contributed by atoms with Gasteiger partial charge in [0.15, 0.2) is 6.61 Å². The van der Waals surface area contributed by atoms with E-state index < -0.39 is 5.97 Å². The molecule has 0 amide bonds. The summed E-state index contributed by atoms with van der Waals surface area (Å²) in [5.74, 6) is 0.308. The lowest BCUT2D eigenvalue weighted by Crippen LogP contribution is -2.19. The third-order valence-corrected chi connectivity index (χ3v) is 6.09. The van der Waals surface area contributed by atoms with Crippen LogP contribution in [0.25, 0.3) is 0 Å². The second kappa shape index (κ2) is 14.1. The normalized spacial score (nSPS) is 16.3. The minimum atomic E-state index is -0.944. The summed E-state index contributed by atoms with van der Waals surface area (Å²) >= 11 is 0. The second-order valence-electron chi connectivity index (χ2n) is 8.93. The van der Waals surface area contributed by atoms with Gasteiger partial charge in [0, 0.05) is 0 Å². The van der Waals surface area contributed by atoms with Gasteiger partial charge in [0.2, 0.25) is 0 Å². The van der Waals surface area contributed by atoms with E-state index in [4.69, 9.17) is 14.7 Å². The van der Waals surface area contributed by atoms with Crippen molar-refractivity contribution >= 4 is 11.7 Å². The molecule has 0 radical (unpaired) electrons. The van der Waals surface area contributed by atoms with Gasteiger partial charge in [0.05, 0.1) is 5.71 Å². The predicted molar refractivity (Wildman–Crippen MR) is 126 cm³/mol. The molecule has 1 atom stereocenters. The summed E-state index contributed by atoms with van der Waals surface area (Å²) in [6.07, 6.45) is 13.8. The van der Waals surface area contributed by atoms with Crippen LogP contribution in [-0.2, 0) is 22.5 Å². The van der Waals surface area contributed by atoms with E-state index in [2.05, 4.69) is 32.0 Å². The molecule has 0 aliphatic heterocycles. The van der Waals surface area contributed by atoms with Crippen LogP contribution in [0.5, 0.6) is 5.75 Å². The van der Waals surface area contributed by atoms with Gasteiger partial charge in [0.1, 0.15) is 11.9 Å². The van der Waals surface area contributed by atoms with E-state index in [0.29, 0.717) is 11.7 Å². The highest BCUT2D eigenvalue weighted by Gasteiger charge is 2.22. The summed E-state index contributed by atoms with van der Waals surface area (Å²) in [7, 11) is 0. The van der Waals surface area contributed by atoms with Crippen molar-refractivity contribution in [2.75, 3.05) is 6.61 Å². The average Bonchev–Trinajstić information content (AvgIpc) is 2.75. The quantitative estimate of drug-likeness (QED) is 0.194. The van der Waals surface area contributed by atoms with Gasteiger partial charge in [-0.1, -0.05) is 56.8 Å². The molecular weight excluding hydrogens is 390 g/mol. The molecule has 0 saturated carbocycles. The largest absolute Gasteiger partial charge is 0.482 e. The maximum Gasteiger partial charge on any atom is 0.341 e. The van der Waals surface area contributed by atoms with Gasteiger partial charge in [-0.25, -0.2) is 4.79 Å². The lowest BCUT2D eigenvalue weighted by Gasteiger charge is -2.26. The van der Waals surface area contributed by atoms with Gasteiger partial charge in [-0.05, 0) is 81.4 Å². The first-order valence-corrected chi connectivity index (χ1v) is 12.2. The van der Waals surface area contributed by atoms with Gasteiger partial charge >= 0.3 is 5.97 Å². The standard InChI is InChI=1S/C26H41NO4/c1-4-6-8-12-23(13-9-7-5-2)31-27-20(3)17-21-15-16-24-22(18-21)11-10-14-25(24)30-19-26(28)29/h10-11,14,21,23H,4-9,12-13,15-19H2,1-3H3,(H,28,29). The number of unbranched alkanes of at least 4 members (excludes halogenated alkanes) is 4. The van der Waals surface area contributed by atoms with Crippen LogP contribution in [0, 0.1) is 5.92 Å². The van der Waals surface area contributed by atoms with E-state index in [1.165, 1.54) is 44.1 Å². The summed E-state index contributed by atoms with van der Waals surface area (Å²) < 4.78 is 5.48. The van der Waals surface area contributed by atoms with Crippen LogP contribution in [0.1, 0.15) is 96.1 Å². The van der Waals surface area contributed by atoms with E-state index in [1.54, 1.807) is 0 Å². The molecule has 0 aromatic heterocycles. The topological polar surface area (TPSA) is 68.1 Å². The molecular formula is C26H41NO4. The zero-order valence-corrected chi connectivity index (χ0v) is 19.7. The molecule has 5 heteroatoms. The Labute approximate surface area is 188 Å². The highest BCUT2D eigenvalue weighted by molar-refractivity contribution is 5.81. The highest BCUT2D eigenvalue weighted by Crippen LogP contribution is 2.33. The Hall–Kier alpha value is -2.04. The molecule has 31 heavy (non-hydrogen) atoms. The zero-order valence-electron chi connectivity index (χ0n) is 19.7. The molecule has 5 nitrogen and oxygen atoms in total. The van der Waals surface area contributed by atoms with Crippen LogP contribution in [0.4, 0.5) is 0 Å². The van der Waals surface area contributed by atoms with Crippen LogP contribution >= 0.6 is 0 Å². The van der Waals surface area contributed by atoms with Gasteiger partial charge in [-0.2, -0.15) is 0 Å². The van der Waals surface area contributed by atoms with E-state index >= 15 is 0 Å². The zero-order chi connectivity index (χ0) is 22.5. The Morgan fingerprint density at radius 1 is 1.16 bits per heavy atom.